The SMILES string of the molecule is CCS(=O)(=O)Nc1cccc(-c2ccc3c(c2)N(C(=O)C2CCCO2)C[C@H](C)N3C(C)=O)c1. The average molecular weight is 472 g/mol. The number of anilines is 3. The van der Waals surface area contributed by atoms with E-state index in [9.17, 15) is 18.0 Å². The maximum atomic E-state index is 13.3. The second-order valence-corrected chi connectivity index (χ2v) is 10.5. The highest BCUT2D eigenvalue weighted by atomic mass is 32.2. The van der Waals surface area contributed by atoms with Gasteiger partial charge in [0.15, 0.2) is 0 Å². The topological polar surface area (TPSA) is 96.0 Å². The van der Waals surface area contributed by atoms with Gasteiger partial charge in [-0.05, 0) is 62.1 Å². The summed E-state index contributed by atoms with van der Waals surface area (Å²) >= 11 is 0. The van der Waals surface area contributed by atoms with Crippen molar-refractivity contribution < 1.29 is 22.7 Å². The van der Waals surface area contributed by atoms with Gasteiger partial charge in [-0.25, -0.2) is 8.42 Å². The molecule has 2 aromatic carbocycles. The minimum atomic E-state index is -3.40. The lowest BCUT2D eigenvalue weighted by Crippen LogP contribution is -2.53. The molecule has 2 atom stereocenters. The molecule has 2 aromatic rings. The molecule has 1 unspecified atom stereocenters. The van der Waals surface area contributed by atoms with Crippen molar-refractivity contribution >= 4 is 38.9 Å². The van der Waals surface area contributed by atoms with Gasteiger partial charge in [-0.1, -0.05) is 18.2 Å². The third-order valence-corrected chi connectivity index (χ3v) is 7.38. The van der Waals surface area contributed by atoms with Crippen molar-refractivity contribution in [3.05, 3.63) is 42.5 Å². The summed E-state index contributed by atoms with van der Waals surface area (Å²) in [6, 6.07) is 12.6. The first kappa shape index (κ1) is 23.3. The average Bonchev–Trinajstić information content (AvgIpc) is 3.32. The maximum absolute atomic E-state index is 13.3. The second-order valence-electron chi connectivity index (χ2n) is 8.48. The van der Waals surface area contributed by atoms with Crippen LogP contribution in [0.2, 0.25) is 0 Å². The fourth-order valence-corrected chi connectivity index (χ4v) is 5.08. The molecular formula is C24H29N3O5S. The van der Waals surface area contributed by atoms with Crippen molar-refractivity contribution in [2.45, 2.75) is 45.8 Å². The summed E-state index contributed by atoms with van der Waals surface area (Å²) in [5, 5.41) is 0. The molecule has 2 amide bonds. The van der Waals surface area contributed by atoms with Crippen molar-refractivity contribution in [3.8, 4) is 11.1 Å². The van der Waals surface area contributed by atoms with Crippen LogP contribution in [-0.4, -0.2) is 51.3 Å². The number of carbonyl (C=O) groups excluding carboxylic acids is 2. The van der Waals surface area contributed by atoms with Crippen molar-refractivity contribution in [3.63, 3.8) is 0 Å². The van der Waals surface area contributed by atoms with Crippen LogP contribution in [0.5, 0.6) is 0 Å². The first-order valence-corrected chi connectivity index (χ1v) is 12.8. The quantitative estimate of drug-likeness (QED) is 0.721. The van der Waals surface area contributed by atoms with Crippen LogP contribution in [0, 0.1) is 0 Å². The van der Waals surface area contributed by atoms with Crippen LogP contribution in [0.4, 0.5) is 17.1 Å². The lowest BCUT2D eigenvalue weighted by atomic mass is 9.99. The van der Waals surface area contributed by atoms with Crippen molar-refractivity contribution in [1.29, 1.82) is 0 Å². The molecular weight excluding hydrogens is 442 g/mol. The largest absolute Gasteiger partial charge is 0.368 e. The maximum Gasteiger partial charge on any atom is 0.256 e. The summed E-state index contributed by atoms with van der Waals surface area (Å²) in [6.45, 7) is 5.99. The Bertz CT molecular complexity index is 1170. The third kappa shape index (κ3) is 4.74. The molecule has 0 bridgehead atoms. The molecule has 2 aliphatic heterocycles. The fraction of sp³-hybridized carbons (Fsp3) is 0.417. The molecule has 9 heteroatoms. The van der Waals surface area contributed by atoms with Gasteiger partial charge in [0.2, 0.25) is 15.9 Å². The molecule has 176 valence electrons. The number of hydrogen-bond acceptors (Lipinski definition) is 5. The van der Waals surface area contributed by atoms with Gasteiger partial charge in [-0.3, -0.25) is 14.3 Å². The molecule has 0 spiro atoms. The number of carbonyl (C=O) groups is 2. The Morgan fingerprint density at radius 1 is 1.12 bits per heavy atom. The zero-order valence-electron chi connectivity index (χ0n) is 19.1. The van der Waals surface area contributed by atoms with E-state index in [1.165, 1.54) is 6.92 Å². The van der Waals surface area contributed by atoms with E-state index in [0.717, 1.165) is 17.5 Å². The minimum Gasteiger partial charge on any atom is -0.368 e. The third-order valence-electron chi connectivity index (χ3n) is 6.07. The first-order chi connectivity index (χ1) is 15.7. The normalized spacial score (nSPS) is 20.5. The lowest BCUT2D eigenvalue weighted by molar-refractivity contribution is -0.127. The summed E-state index contributed by atoms with van der Waals surface area (Å²) in [5.41, 5.74) is 3.42. The predicted molar refractivity (Wildman–Crippen MR) is 129 cm³/mol. The molecule has 0 aromatic heterocycles. The number of rotatable bonds is 5. The molecule has 1 fully saturated rings. The molecule has 1 saturated heterocycles. The van der Waals surface area contributed by atoms with E-state index in [-0.39, 0.29) is 23.6 Å². The summed E-state index contributed by atoms with van der Waals surface area (Å²) in [7, 11) is -3.40. The number of benzene rings is 2. The molecule has 33 heavy (non-hydrogen) atoms. The van der Waals surface area contributed by atoms with Crippen LogP contribution < -0.4 is 14.5 Å². The highest BCUT2D eigenvalue weighted by Crippen LogP contribution is 2.40. The molecule has 8 nitrogen and oxygen atoms in total. The van der Waals surface area contributed by atoms with Gasteiger partial charge in [-0.2, -0.15) is 0 Å². The van der Waals surface area contributed by atoms with Gasteiger partial charge in [0.25, 0.3) is 5.91 Å². The van der Waals surface area contributed by atoms with Gasteiger partial charge < -0.3 is 14.5 Å². The van der Waals surface area contributed by atoms with Crippen LogP contribution in [0.15, 0.2) is 42.5 Å². The summed E-state index contributed by atoms with van der Waals surface area (Å²) < 4.78 is 32.2. The fourth-order valence-electron chi connectivity index (χ4n) is 4.45. The zero-order valence-corrected chi connectivity index (χ0v) is 19.9. The van der Waals surface area contributed by atoms with E-state index in [0.29, 0.717) is 36.6 Å². The first-order valence-electron chi connectivity index (χ1n) is 11.2. The Kier molecular flexibility index (Phi) is 6.45. The predicted octanol–water partition coefficient (Wildman–Crippen LogP) is 3.38. The summed E-state index contributed by atoms with van der Waals surface area (Å²) in [4.78, 5) is 29.1. The van der Waals surface area contributed by atoms with Gasteiger partial charge in [0.1, 0.15) is 6.10 Å². The monoisotopic (exact) mass is 471 g/mol. The Balaban J connectivity index is 1.76. The zero-order chi connectivity index (χ0) is 23.8. The summed E-state index contributed by atoms with van der Waals surface area (Å²) in [6.07, 6.45) is 1.07. The van der Waals surface area contributed by atoms with Gasteiger partial charge in [0, 0.05) is 25.8 Å². The molecule has 0 aliphatic carbocycles. The number of nitrogens with one attached hydrogen (secondary N) is 1. The number of sulfonamides is 1. The van der Waals surface area contributed by atoms with Crippen LogP contribution in [-0.2, 0) is 24.3 Å². The van der Waals surface area contributed by atoms with Crippen LogP contribution in [0.3, 0.4) is 0 Å². The van der Waals surface area contributed by atoms with Crippen LogP contribution in [0.1, 0.15) is 33.6 Å². The summed E-state index contributed by atoms with van der Waals surface area (Å²) in [5.74, 6) is -0.197. The van der Waals surface area contributed by atoms with Crippen molar-refractivity contribution in [2.75, 3.05) is 33.4 Å². The van der Waals surface area contributed by atoms with Gasteiger partial charge in [-0.15, -0.1) is 0 Å². The Morgan fingerprint density at radius 2 is 1.88 bits per heavy atom. The van der Waals surface area contributed by atoms with Crippen molar-refractivity contribution in [1.82, 2.24) is 0 Å². The Morgan fingerprint density at radius 3 is 2.55 bits per heavy atom. The Labute approximate surface area is 194 Å². The van der Waals surface area contributed by atoms with Crippen LogP contribution >= 0.6 is 0 Å². The molecule has 1 N–H and O–H groups in total. The smallest absolute Gasteiger partial charge is 0.256 e. The van der Waals surface area contributed by atoms with E-state index >= 15 is 0 Å². The number of nitrogens with zero attached hydrogens (tertiary/aromatic N) is 2. The molecule has 2 aliphatic rings. The highest BCUT2D eigenvalue weighted by Gasteiger charge is 2.37. The minimum absolute atomic E-state index is 0.0184. The highest BCUT2D eigenvalue weighted by molar-refractivity contribution is 7.92. The van der Waals surface area contributed by atoms with E-state index in [2.05, 4.69) is 4.72 Å². The van der Waals surface area contributed by atoms with E-state index in [4.69, 9.17) is 4.74 Å². The molecule has 2 heterocycles. The van der Waals surface area contributed by atoms with Gasteiger partial charge >= 0.3 is 0 Å². The molecule has 0 saturated carbocycles. The number of amides is 2. The standard InChI is InChI=1S/C24H29N3O5S/c1-4-33(30,31)25-20-8-5-7-18(13-20)19-10-11-21-22(14-19)26(15-16(2)27(21)17(3)28)24(29)23-9-6-12-32-23/h5,7-8,10-11,13-14,16,23,25H,4,6,9,12,15H2,1-3H3/t16-,23?/m0/s1. The second kappa shape index (κ2) is 9.15. The molecule has 0 radical (unpaired) electrons. The van der Waals surface area contributed by atoms with E-state index < -0.39 is 16.1 Å². The van der Waals surface area contributed by atoms with E-state index in [1.54, 1.807) is 34.9 Å². The lowest BCUT2D eigenvalue weighted by Gasteiger charge is -2.41. The molecule has 4 rings (SSSR count). The van der Waals surface area contributed by atoms with E-state index in [1.807, 2.05) is 31.2 Å². The number of hydrogen-bond donors (Lipinski definition) is 1. The van der Waals surface area contributed by atoms with Crippen molar-refractivity contribution in [2.24, 2.45) is 0 Å². The van der Waals surface area contributed by atoms with Crippen LogP contribution in [0.25, 0.3) is 11.1 Å². The van der Waals surface area contributed by atoms with Gasteiger partial charge in [0.05, 0.1) is 23.2 Å². The number of fused-ring (bicyclic) bond motifs is 1. The Hall–Kier alpha value is -2.91. The number of ether oxygens (including phenoxy) is 1.